The topological polar surface area (TPSA) is 3.24 Å². The lowest BCUT2D eigenvalue weighted by Crippen LogP contribution is -2.27. The van der Waals surface area contributed by atoms with Crippen LogP contribution in [0.4, 0.5) is 0 Å². The molecular formula is C25H53N. The quantitative estimate of drug-likeness (QED) is 0.195. The van der Waals surface area contributed by atoms with Crippen LogP contribution >= 0.6 is 0 Å². The van der Waals surface area contributed by atoms with E-state index in [0.29, 0.717) is 0 Å². The summed E-state index contributed by atoms with van der Waals surface area (Å²) >= 11 is 0. The number of hydrogen-bond acceptors (Lipinski definition) is 1. The van der Waals surface area contributed by atoms with Crippen LogP contribution < -0.4 is 0 Å². The van der Waals surface area contributed by atoms with E-state index in [-0.39, 0.29) is 0 Å². The summed E-state index contributed by atoms with van der Waals surface area (Å²) in [5.41, 5.74) is 0. The van der Waals surface area contributed by atoms with Crippen LogP contribution in [-0.4, -0.2) is 24.5 Å². The number of nitrogens with zero attached hydrogens (tertiary/aromatic N) is 1. The lowest BCUT2D eigenvalue weighted by molar-refractivity contribution is 0.248. The van der Waals surface area contributed by atoms with Gasteiger partial charge in [0, 0.05) is 0 Å². The van der Waals surface area contributed by atoms with E-state index in [0.717, 1.165) is 11.8 Å². The van der Waals surface area contributed by atoms with E-state index in [1.807, 2.05) is 0 Å². The first kappa shape index (κ1) is 26.0. The lowest BCUT2D eigenvalue weighted by Gasteiger charge is -2.23. The Balaban J connectivity index is 3.63. The molecule has 0 atom stereocenters. The van der Waals surface area contributed by atoms with Crippen molar-refractivity contribution in [3.8, 4) is 0 Å². The highest BCUT2D eigenvalue weighted by Gasteiger charge is 2.06. The van der Waals surface area contributed by atoms with Crippen LogP contribution in [0.15, 0.2) is 0 Å². The van der Waals surface area contributed by atoms with E-state index in [2.05, 4.69) is 39.5 Å². The molecule has 26 heavy (non-hydrogen) atoms. The molecular weight excluding hydrogens is 314 g/mol. The SMILES string of the molecule is CCCCCCCCCCCCCN(CCCC(C)C)CCCC(C)C. The first-order valence-corrected chi connectivity index (χ1v) is 12.3. The Morgan fingerprint density at radius 3 is 1.19 bits per heavy atom. The van der Waals surface area contributed by atoms with Gasteiger partial charge in [0.2, 0.25) is 0 Å². The molecule has 0 aliphatic rings. The molecule has 0 rings (SSSR count). The van der Waals surface area contributed by atoms with Gasteiger partial charge in [0.25, 0.3) is 0 Å². The van der Waals surface area contributed by atoms with Gasteiger partial charge < -0.3 is 4.90 Å². The second-order valence-electron chi connectivity index (χ2n) is 9.45. The largest absolute Gasteiger partial charge is 0.303 e. The van der Waals surface area contributed by atoms with Crippen LogP contribution in [-0.2, 0) is 0 Å². The van der Waals surface area contributed by atoms with Crippen molar-refractivity contribution in [2.45, 2.75) is 131 Å². The molecule has 0 saturated carbocycles. The van der Waals surface area contributed by atoms with Gasteiger partial charge in [0.05, 0.1) is 0 Å². The van der Waals surface area contributed by atoms with Crippen LogP contribution in [0.1, 0.15) is 131 Å². The van der Waals surface area contributed by atoms with Gasteiger partial charge in [-0.3, -0.25) is 0 Å². The summed E-state index contributed by atoms with van der Waals surface area (Å²) in [6.07, 6.45) is 21.5. The van der Waals surface area contributed by atoms with Crippen LogP contribution in [0.2, 0.25) is 0 Å². The summed E-state index contributed by atoms with van der Waals surface area (Å²) in [6, 6.07) is 0. The van der Waals surface area contributed by atoms with E-state index < -0.39 is 0 Å². The molecule has 0 aromatic rings. The van der Waals surface area contributed by atoms with Gasteiger partial charge in [-0.1, -0.05) is 98.8 Å². The first-order chi connectivity index (χ1) is 12.6. The zero-order chi connectivity index (χ0) is 19.5. The van der Waals surface area contributed by atoms with Gasteiger partial charge in [-0.15, -0.1) is 0 Å². The van der Waals surface area contributed by atoms with Crippen LogP contribution in [0.25, 0.3) is 0 Å². The standard InChI is InChI=1S/C25H53N/c1-6-7-8-9-10-11-12-13-14-15-16-21-26(22-17-19-24(2)3)23-18-20-25(4)5/h24-25H,6-23H2,1-5H3. The summed E-state index contributed by atoms with van der Waals surface area (Å²) < 4.78 is 0. The van der Waals surface area contributed by atoms with Gasteiger partial charge >= 0.3 is 0 Å². The average Bonchev–Trinajstić information content (AvgIpc) is 2.58. The smallest absolute Gasteiger partial charge is 0.00186 e. The molecule has 0 aromatic heterocycles. The van der Waals surface area contributed by atoms with E-state index in [9.17, 15) is 0 Å². The highest BCUT2D eigenvalue weighted by molar-refractivity contribution is 4.61. The molecule has 0 unspecified atom stereocenters. The molecule has 0 amide bonds. The maximum atomic E-state index is 2.76. The molecule has 158 valence electrons. The molecule has 0 fully saturated rings. The second kappa shape index (κ2) is 19.7. The molecule has 0 N–H and O–H groups in total. The predicted octanol–water partition coefficient (Wildman–Crippen LogP) is 8.47. The molecule has 0 aromatic carbocycles. The zero-order valence-electron chi connectivity index (χ0n) is 19.3. The normalized spacial score (nSPS) is 12.0. The Labute approximate surface area is 167 Å². The summed E-state index contributed by atoms with van der Waals surface area (Å²) in [5, 5.41) is 0. The molecule has 0 aliphatic carbocycles. The van der Waals surface area contributed by atoms with Crippen molar-refractivity contribution in [1.29, 1.82) is 0 Å². The predicted molar refractivity (Wildman–Crippen MR) is 121 cm³/mol. The Morgan fingerprint density at radius 1 is 0.462 bits per heavy atom. The zero-order valence-corrected chi connectivity index (χ0v) is 19.3. The molecule has 0 spiro atoms. The summed E-state index contributed by atoms with van der Waals surface area (Å²) in [6.45, 7) is 15.7. The van der Waals surface area contributed by atoms with Crippen molar-refractivity contribution in [1.82, 2.24) is 4.90 Å². The molecule has 0 aliphatic heterocycles. The third-order valence-electron chi connectivity index (χ3n) is 5.59. The van der Waals surface area contributed by atoms with Gasteiger partial charge in [-0.05, 0) is 63.6 Å². The third-order valence-corrected chi connectivity index (χ3v) is 5.59. The molecule has 1 heteroatoms. The molecule has 0 heterocycles. The fraction of sp³-hybridized carbons (Fsp3) is 1.00. The van der Waals surface area contributed by atoms with Crippen molar-refractivity contribution in [3.05, 3.63) is 0 Å². The van der Waals surface area contributed by atoms with Gasteiger partial charge in [-0.25, -0.2) is 0 Å². The Hall–Kier alpha value is -0.0400. The van der Waals surface area contributed by atoms with Gasteiger partial charge in [0.1, 0.15) is 0 Å². The minimum absolute atomic E-state index is 0.856. The van der Waals surface area contributed by atoms with Crippen molar-refractivity contribution in [2.24, 2.45) is 11.8 Å². The average molecular weight is 368 g/mol. The van der Waals surface area contributed by atoms with Crippen molar-refractivity contribution < 1.29 is 0 Å². The maximum absolute atomic E-state index is 2.76. The second-order valence-corrected chi connectivity index (χ2v) is 9.45. The Kier molecular flexibility index (Phi) is 19.7. The van der Waals surface area contributed by atoms with Crippen LogP contribution in [0, 0.1) is 11.8 Å². The van der Waals surface area contributed by atoms with Crippen LogP contribution in [0.3, 0.4) is 0 Å². The van der Waals surface area contributed by atoms with Gasteiger partial charge in [0.15, 0.2) is 0 Å². The Morgan fingerprint density at radius 2 is 0.808 bits per heavy atom. The summed E-state index contributed by atoms with van der Waals surface area (Å²) in [7, 11) is 0. The van der Waals surface area contributed by atoms with E-state index >= 15 is 0 Å². The van der Waals surface area contributed by atoms with Crippen molar-refractivity contribution >= 4 is 0 Å². The van der Waals surface area contributed by atoms with E-state index in [1.165, 1.54) is 116 Å². The first-order valence-electron chi connectivity index (χ1n) is 12.3. The number of rotatable bonds is 20. The van der Waals surface area contributed by atoms with Crippen LogP contribution in [0.5, 0.6) is 0 Å². The molecule has 0 radical (unpaired) electrons. The maximum Gasteiger partial charge on any atom is -0.00186 e. The molecule has 1 nitrogen and oxygen atoms in total. The highest BCUT2D eigenvalue weighted by atomic mass is 15.1. The molecule has 0 saturated heterocycles. The summed E-state index contributed by atoms with van der Waals surface area (Å²) in [4.78, 5) is 2.76. The van der Waals surface area contributed by atoms with Gasteiger partial charge in [-0.2, -0.15) is 0 Å². The summed E-state index contributed by atoms with van der Waals surface area (Å²) in [5.74, 6) is 1.71. The number of unbranched alkanes of at least 4 members (excludes halogenated alkanes) is 10. The fourth-order valence-electron chi connectivity index (χ4n) is 3.78. The highest BCUT2D eigenvalue weighted by Crippen LogP contribution is 2.13. The molecule has 0 bridgehead atoms. The minimum atomic E-state index is 0.856. The monoisotopic (exact) mass is 367 g/mol. The number of hydrogen-bond donors (Lipinski definition) is 0. The van der Waals surface area contributed by atoms with Crippen molar-refractivity contribution in [3.63, 3.8) is 0 Å². The third kappa shape index (κ3) is 20.3. The minimum Gasteiger partial charge on any atom is -0.303 e. The fourth-order valence-corrected chi connectivity index (χ4v) is 3.78. The van der Waals surface area contributed by atoms with E-state index in [4.69, 9.17) is 0 Å². The van der Waals surface area contributed by atoms with Crippen molar-refractivity contribution in [2.75, 3.05) is 19.6 Å². The Bertz CT molecular complexity index is 245. The lowest BCUT2D eigenvalue weighted by atomic mass is 10.0. The van der Waals surface area contributed by atoms with E-state index in [1.54, 1.807) is 0 Å².